The molecule has 26 heavy (non-hydrogen) atoms. The van der Waals surface area contributed by atoms with Crippen LogP contribution in [-0.2, 0) is 9.53 Å². The van der Waals surface area contributed by atoms with Crippen molar-refractivity contribution in [3.8, 4) is 0 Å². The van der Waals surface area contributed by atoms with E-state index in [1.54, 1.807) is 0 Å². The molecule has 0 aliphatic carbocycles. The van der Waals surface area contributed by atoms with Crippen molar-refractivity contribution in [3.63, 3.8) is 0 Å². The quantitative estimate of drug-likeness (QED) is 0.810. The Bertz CT molecular complexity index is 487. The van der Waals surface area contributed by atoms with E-state index < -0.39 is 0 Å². The number of urea groups is 1. The summed E-state index contributed by atoms with van der Waals surface area (Å²) in [5, 5.41) is 3.07. The molecule has 3 aliphatic heterocycles. The number of nitrogens with zero attached hydrogens (tertiary/aromatic N) is 3. The van der Waals surface area contributed by atoms with Crippen molar-refractivity contribution in [1.29, 1.82) is 0 Å². The summed E-state index contributed by atoms with van der Waals surface area (Å²) in [6.45, 7) is 10.1. The SMILES string of the molecule is CC1CC(CNC(=O)N2CCN(CC(=O)N3CCCCC3)CC2)C(C)O1. The zero-order valence-corrected chi connectivity index (χ0v) is 16.3. The molecule has 0 spiro atoms. The molecule has 0 bridgehead atoms. The number of piperidine rings is 1. The van der Waals surface area contributed by atoms with Gasteiger partial charge in [0.2, 0.25) is 5.91 Å². The Labute approximate surface area is 157 Å². The number of ether oxygens (including phenoxy) is 1. The van der Waals surface area contributed by atoms with E-state index in [9.17, 15) is 9.59 Å². The molecule has 7 nitrogen and oxygen atoms in total. The van der Waals surface area contributed by atoms with Crippen LogP contribution < -0.4 is 5.32 Å². The summed E-state index contributed by atoms with van der Waals surface area (Å²) < 4.78 is 5.75. The summed E-state index contributed by atoms with van der Waals surface area (Å²) in [6.07, 6.45) is 5.00. The molecule has 148 valence electrons. The van der Waals surface area contributed by atoms with Gasteiger partial charge in [0.05, 0.1) is 18.8 Å². The van der Waals surface area contributed by atoms with Gasteiger partial charge in [-0.1, -0.05) is 0 Å². The summed E-state index contributed by atoms with van der Waals surface area (Å²) in [5.74, 6) is 0.643. The van der Waals surface area contributed by atoms with E-state index in [1.807, 2.05) is 9.80 Å². The third-order valence-electron chi connectivity index (χ3n) is 5.99. The molecule has 3 aliphatic rings. The van der Waals surface area contributed by atoms with Crippen molar-refractivity contribution in [2.24, 2.45) is 5.92 Å². The van der Waals surface area contributed by atoms with Crippen molar-refractivity contribution >= 4 is 11.9 Å². The smallest absolute Gasteiger partial charge is 0.317 e. The minimum Gasteiger partial charge on any atom is -0.375 e. The third kappa shape index (κ3) is 5.10. The summed E-state index contributed by atoms with van der Waals surface area (Å²) in [5.41, 5.74) is 0. The van der Waals surface area contributed by atoms with Gasteiger partial charge in [0.15, 0.2) is 0 Å². The van der Waals surface area contributed by atoms with E-state index in [1.165, 1.54) is 6.42 Å². The molecular formula is C19H34N4O3. The van der Waals surface area contributed by atoms with Crippen LogP contribution in [0.15, 0.2) is 0 Å². The number of hydrogen-bond donors (Lipinski definition) is 1. The van der Waals surface area contributed by atoms with Gasteiger partial charge in [-0.15, -0.1) is 0 Å². The highest BCUT2D eigenvalue weighted by Gasteiger charge is 2.30. The number of rotatable bonds is 4. The molecule has 0 aromatic heterocycles. The molecule has 3 fully saturated rings. The third-order valence-corrected chi connectivity index (χ3v) is 5.99. The van der Waals surface area contributed by atoms with E-state index in [-0.39, 0.29) is 24.1 Å². The number of carbonyl (C=O) groups excluding carboxylic acids is 2. The Morgan fingerprint density at radius 1 is 0.962 bits per heavy atom. The molecule has 3 atom stereocenters. The maximum atomic E-state index is 12.4. The van der Waals surface area contributed by atoms with Crippen molar-refractivity contribution in [2.45, 2.75) is 51.7 Å². The van der Waals surface area contributed by atoms with Crippen LogP contribution in [0.2, 0.25) is 0 Å². The number of likely N-dealkylation sites (tertiary alicyclic amines) is 1. The fraction of sp³-hybridized carbons (Fsp3) is 0.895. The molecule has 0 saturated carbocycles. The van der Waals surface area contributed by atoms with Crippen molar-refractivity contribution in [3.05, 3.63) is 0 Å². The van der Waals surface area contributed by atoms with Crippen LogP contribution in [0.5, 0.6) is 0 Å². The number of amides is 3. The number of carbonyl (C=O) groups is 2. The van der Waals surface area contributed by atoms with Crippen LogP contribution in [0, 0.1) is 5.92 Å². The van der Waals surface area contributed by atoms with Gasteiger partial charge in [-0.25, -0.2) is 4.79 Å². The molecule has 3 heterocycles. The maximum absolute atomic E-state index is 12.4. The first-order valence-corrected chi connectivity index (χ1v) is 10.2. The van der Waals surface area contributed by atoms with Crippen LogP contribution in [0.1, 0.15) is 39.5 Å². The Kier molecular flexibility index (Phi) is 6.75. The molecule has 1 N–H and O–H groups in total. The number of nitrogens with one attached hydrogen (secondary N) is 1. The van der Waals surface area contributed by atoms with Gasteiger partial charge < -0.3 is 19.9 Å². The molecule has 3 saturated heterocycles. The van der Waals surface area contributed by atoms with E-state index in [2.05, 4.69) is 24.1 Å². The van der Waals surface area contributed by atoms with Crippen LogP contribution in [0.25, 0.3) is 0 Å². The van der Waals surface area contributed by atoms with Gasteiger partial charge in [-0.3, -0.25) is 9.69 Å². The van der Waals surface area contributed by atoms with Gasteiger partial charge >= 0.3 is 6.03 Å². The predicted octanol–water partition coefficient (Wildman–Crippen LogP) is 1.14. The van der Waals surface area contributed by atoms with Gasteiger partial charge in [0, 0.05) is 51.7 Å². The van der Waals surface area contributed by atoms with Crippen molar-refractivity contribution in [2.75, 3.05) is 52.4 Å². The van der Waals surface area contributed by atoms with E-state index in [0.717, 1.165) is 45.4 Å². The average Bonchev–Trinajstić information content (AvgIpc) is 2.98. The second-order valence-corrected chi connectivity index (χ2v) is 8.04. The fourth-order valence-corrected chi connectivity index (χ4v) is 4.27. The zero-order valence-electron chi connectivity index (χ0n) is 16.3. The Hall–Kier alpha value is -1.34. The Balaban J connectivity index is 1.35. The first-order chi connectivity index (χ1) is 12.5. The average molecular weight is 367 g/mol. The number of hydrogen-bond acceptors (Lipinski definition) is 4. The molecule has 3 unspecified atom stereocenters. The van der Waals surface area contributed by atoms with Gasteiger partial charge in [0.25, 0.3) is 0 Å². The minimum atomic E-state index is 0.0127. The zero-order chi connectivity index (χ0) is 18.5. The second kappa shape index (κ2) is 9.04. The van der Waals surface area contributed by atoms with Gasteiger partial charge in [-0.05, 0) is 39.5 Å². The lowest BCUT2D eigenvalue weighted by molar-refractivity contribution is -0.133. The first kappa shape index (κ1) is 19.4. The lowest BCUT2D eigenvalue weighted by Gasteiger charge is -2.36. The molecule has 0 aromatic carbocycles. The highest BCUT2D eigenvalue weighted by molar-refractivity contribution is 5.78. The normalized spacial score (nSPS) is 30.5. The monoisotopic (exact) mass is 366 g/mol. The van der Waals surface area contributed by atoms with E-state index in [4.69, 9.17) is 4.74 Å². The van der Waals surface area contributed by atoms with Crippen LogP contribution >= 0.6 is 0 Å². The minimum absolute atomic E-state index is 0.0127. The summed E-state index contributed by atoms with van der Waals surface area (Å²) in [6, 6.07) is 0.0127. The van der Waals surface area contributed by atoms with Gasteiger partial charge in [0.1, 0.15) is 0 Å². The maximum Gasteiger partial charge on any atom is 0.317 e. The van der Waals surface area contributed by atoms with Crippen molar-refractivity contribution < 1.29 is 14.3 Å². The Morgan fingerprint density at radius 3 is 2.27 bits per heavy atom. The molecular weight excluding hydrogens is 332 g/mol. The highest BCUT2D eigenvalue weighted by Crippen LogP contribution is 2.25. The van der Waals surface area contributed by atoms with Gasteiger partial charge in [-0.2, -0.15) is 0 Å². The fourth-order valence-electron chi connectivity index (χ4n) is 4.27. The standard InChI is InChI=1S/C19H34N4O3/c1-15-12-17(16(2)26-15)13-20-19(25)23-10-8-21(9-11-23)14-18(24)22-6-4-3-5-7-22/h15-17H,3-14H2,1-2H3,(H,20,25). The Morgan fingerprint density at radius 2 is 1.65 bits per heavy atom. The van der Waals surface area contributed by atoms with E-state index >= 15 is 0 Å². The summed E-state index contributed by atoms with van der Waals surface area (Å²) in [4.78, 5) is 30.8. The van der Waals surface area contributed by atoms with Crippen LogP contribution in [0.4, 0.5) is 4.79 Å². The van der Waals surface area contributed by atoms with Crippen LogP contribution in [0.3, 0.4) is 0 Å². The lowest BCUT2D eigenvalue weighted by atomic mass is 10.0. The van der Waals surface area contributed by atoms with E-state index in [0.29, 0.717) is 32.1 Å². The van der Waals surface area contributed by atoms with Crippen LogP contribution in [-0.4, -0.2) is 91.2 Å². The molecule has 3 rings (SSSR count). The topological polar surface area (TPSA) is 65.1 Å². The predicted molar refractivity (Wildman–Crippen MR) is 100.0 cm³/mol. The molecule has 3 amide bonds. The lowest BCUT2D eigenvalue weighted by Crippen LogP contribution is -2.54. The number of piperazine rings is 1. The van der Waals surface area contributed by atoms with Crippen molar-refractivity contribution in [1.82, 2.24) is 20.0 Å². The summed E-state index contributed by atoms with van der Waals surface area (Å²) >= 11 is 0. The first-order valence-electron chi connectivity index (χ1n) is 10.2. The largest absolute Gasteiger partial charge is 0.375 e. The molecule has 7 heteroatoms. The highest BCUT2D eigenvalue weighted by atomic mass is 16.5. The second-order valence-electron chi connectivity index (χ2n) is 8.04. The molecule has 0 radical (unpaired) electrons. The molecule has 0 aromatic rings. The summed E-state index contributed by atoms with van der Waals surface area (Å²) in [7, 11) is 0.